The Morgan fingerprint density at radius 3 is 2.65 bits per heavy atom. The van der Waals surface area contributed by atoms with Crippen LogP contribution in [0, 0.1) is 0 Å². The van der Waals surface area contributed by atoms with Gasteiger partial charge in [-0.05, 0) is 18.6 Å². The van der Waals surface area contributed by atoms with Gasteiger partial charge in [0.15, 0.2) is 0 Å². The number of pyridine rings is 1. The van der Waals surface area contributed by atoms with Gasteiger partial charge >= 0.3 is 0 Å². The maximum atomic E-state index is 12.1. The highest BCUT2D eigenvalue weighted by molar-refractivity contribution is 5.89. The number of nitrogens with zero attached hydrogens (tertiary/aromatic N) is 4. The third-order valence-electron chi connectivity index (χ3n) is 4.48. The molecule has 2 amide bonds. The number of rotatable bonds is 4. The monoisotopic (exact) mass is 317 g/mol. The molecule has 1 aromatic rings. The minimum atomic E-state index is -0.345. The molecule has 2 saturated heterocycles. The van der Waals surface area contributed by atoms with Crippen molar-refractivity contribution >= 4 is 17.6 Å². The summed E-state index contributed by atoms with van der Waals surface area (Å²) in [5, 5.41) is 2.85. The summed E-state index contributed by atoms with van der Waals surface area (Å²) in [5.41, 5.74) is 0. The molecule has 7 nitrogen and oxygen atoms in total. The van der Waals surface area contributed by atoms with E-state index < -0.39 is 0 Å². The molecule has 7 heteroatoms. The molecule has 0 saturated carbocycles. The number of piperazine rings is 1. The molecule has 0 bridgehead atoms. The van der Waals surface area contributed by atoms with E-state index in [4.69, 9.17) is 0 Å². The quantitative estimate of drug-likeness (QED) is 0.815. The Morgan fingerprint density at radius 1 is 1.26 bits per heavy atom. The zero-order valence-electron chi connectivity index (χ0n) is 13.4. The molecule has 1 aromatic heterocycles. The fourth-order valence-electron chi connectivity index (χ4n) is 3.08. The van der Waals surface area contributed by atoms with Gasteiger partial charge in [0.1, 0.15) is 11.9 Å². The summed E-state index contributed by atoms with van der Waals surface area (Å²) in [6, 6.07) is 5.55. The molecule has 0 radical (unpaired) electrons. The highest BCUT2D eigenvalue weighted by atomic mass is 16.2. The zero-order valence-corrected chi connectivity index (χ0v) is 13.4. The number of nitrogens with one attached hydrogen (secondary N) is 1. The highest BCUT2D eigenvalue weighted by Crippen LogP contribution is 2.12. The van der Waals surface area contributed by atoms with Gasteiger partial charge < -0.3 is 15.1 Å². The minimum Gasteiger partial charge on any atom is -0.354 e. The normalized spacial score (nSPS) is 22.5. The molecular weight excluding hydrogens is 294 g/mol. The molecule has 2 aliphatic heterocycles. The van der Waals surface area contributed by atoms with Gasteiger partial charge in [0.2, 0.25) is 11.8 Å². The van der Waals surface area contributed by atoms with Crippen LogP contribution in [-0.2, 0) is 9.59 Å². The van der Waals surface area contributed by atoms with Crippen LogP contribution in [-0.4, -0.2) is 79.0 Å². The van der Waals surface area contributed by atoms with Crippen LogP contribution < -0.4 is 10.2 Å². The Balaban J connectivity index is 1.44. The third kappa shape index (κ3) is 3.79. The van der Waals surface area contributed by atoms with E-state index in [1.165, 1.54) is 0 Å². The molecule has 124 valence electrons. The van der Waals surface area contributed by atoms with Crippen LogP contribution in [0.5, 0.6) is 0 Å². The van der Waals surface area contributed by atoms with E-state index >= 15 is 0 Å². The summed E-state index contributed by atoms with van der Waals surface area (Å²) < 4.78 is 0. The number of anilines is 1. The Kier molecular flexibility index (Phi) is 4.76. The highest BCUT2D eigenvalue weighted by Gasteiger charge is 2.30. The molecular formula is C16H23N5O2. The first-order valence-electron chi connectivity index (χ1n) is 8.06. The van der Waals surface area contributed by atoms with Gasteiger partial charge in [0.25, 0.3) is 0 Å². The van der Waals surface area contributed by atoms with Gasteiger partial charge in [0.05, 0.1) is 6.54 Å². The summed E-state index contributed by atoms with van der Waals surface area (Å²) in [5.74, 6) is 0.930. The second-order valence-electron chi connectivity index (χ2n) is 6.12. The third-order valence-corrected chi connectivity index (χ3v) is 4.48. The lowest BCUT2D eigenvalue weighted by Crippen LogP contribution is -2.51. The molecule has 0 aromatic carbocycles. The minimum absolute atomic E-state index is 0.0123. The van der Waals surface area contributed by atoms with Gasteiger partial charge in [-0.15, -0.1) is 0 Å². The van der Waals surface area contributed by atoms with Crippen molar-refractivity contribution in [3.63, 3.8) is 0 Å². The predicted octanol–water partition coefficient (Wildman–Crippen LogP) is -0.449. The van der Waals surface area contributed by atoms with Crippen LogP contribution in [0.4, 0.5) is 5.82 Å². The number of hydrogen-bond acceptors (Lipinski definition) is 5. The van der Waals surface area contributed by atoms with E-state index in [1.807, 2.05) is 18.2 Å². The summed E-state index contributed by atoms with van der Waals surface area (Å²) in [7, 11) is 1.77. The van der Waals surface area contributed by atoms with Crippen LogP contribution in [0.1, 0.15) is 6.42 Å². The lowest BCUT2D eigenvalue weighted by Gasteiger charge is -2.35. The Labute approximate surface area is 136 Å². The zero-order chi connectivity index (χ0) is 16.2. The molecule has 23 heavy (non-hydrogen) atoms. The van der Waals surface area contributed by atoms with Crippen LogP contribution in [0.3, 0.4) is 0 Å². The van der Waals surface area contributed by atoms with Gasteiger partial charge in [-0.2, -0.15) is 0 Å². The standard InChI is InChI=1S/C16H23N5O2/c1-19-7-5-13(16(19)23)18-15(22)12-20-8-10-21(11-9-20)14-4-2-3-6-17-14/h2-4,6,13H,5,7-12H2,1H3,(H,18,22). The number of amides is 2. The summed E-state index contributed by atoms with van der Waals surface area (Å²) >= 11 is 0. The summed E-state index contributed by atoms with van der Waals surface area (Å²) in [6.45, 7) is 4.42. The van der Waals surface area contributed by atoms with Crippen molar-refractivity contribution in [2.45, 2.75) is 12.5 Å². The predicted molar refractivity (Wildman–Crippen MR) is 87.1 cm³/mol. The average molecular weight is 317 g/mol. The maximum absolute atomic E-state index is 12.1. The van der Waals surface area contributed by atoms with Gasteiger partial charge in [-0.3, -0.25) is 14.5 Å². The van der Waals surface area contributed by atoms with Crippen molar-refractivity contribution in [1.82, 2.24) is 20.1 Å². The van der Waals surface area contributed by atoms with Crippen LogP contribution in [0.25, 0.3) is 0 Å². The number of likely N-dealkylation sites (tertiary alicyclic amines) is 1. The summed E-state index contributed by atoms with van der Waals surface area (Å²) in [4.78, 5) is 34.3. The Morgan fingerprint density at radius 2 is 2.04 bits per heavy atom. The fraction of sp³-hybridized carbons (Fsp3) is 0.562. The van der Waals surface area contributed by atoms with E-state index in [2.05, 4.69) is 20.1 Å². The fourth-order valence-corrected chi connectivity index (χ4v) is 3.08. The average Bonchev–Trinajstić information content (AvgIpc) is 2.88. The molecule has 0 spiro atoms. The van der Waals surface area contributed by atoms with Gasteiger partial charge in [0, 0.05) is 46.0 Å². The van der Waals surface area contributed by atoms with Crippen molar-refractivity contribution < 1.29 is 9.59 Å². The Hall–Kier alpha value is -2.15. The molecule has 0 aliphatic carbocycles. The smallest absolute Gasteiger partial charge is 0.244 e. The van der Waals surface area contributed by atoms with E-state index in [-0.39, 0.29) is 17.9 Å². The number of hydrogen-bond donors (Lipinski definition) is 1. The Bertz CT molecular complexity index is 557. The van der Waals surface area contributed by atoms with Crippen LogP contribution >= 0.6 is 0 Å². The molecule has 3 rings (SSSR count). The molecule has 2 fully saturated rings. The topological polar surface area (TPSA) is 68.8 Å². The van der Waals surface area contributed by atoms with E-state index in [0.29, 0.717) is 19.5 Å². The first kappa shape index (κ1) is 15.7. The lowest BCUT2D eigenvalue weighted by molar-refractivity contribution is -0.132. The summed E-state index contributed by atoms with van der Waals surface area (Å²) in [6.07, 6.45) is 2.50. The number of carbonyl (C=O) groups excluding carboxylic acids is 2. The van der Waals surface area contributed by atoms with Crippen molar-refractivity contribution in [2.24, 2.45) is 0 Å². The van der Waals surface area contributed by atoms with E-state index in [9.17, 15) is 9.59 Å². The lowest BCUT2D eigenvalue weighted by atomic mass is 10.2. The number of carbonyl (C=O) groups is 2. The van der Waals surface area contributed by atoms with Crippen molar-refractivity contribution in [3.05, 3.63) is 24.4 Å². The number of aromatic nitrogens is 1. The molecule has 1 atom stereocenters. The van der Waals surface area contributed by atoms with Crippen LogP contribution in [0.2, 0.25) is 0 Å². The van der Waals surface area contributed by atoms with E-state index in [0.717, 1.165) is 32.0 Å². The molecule has 1 N–H and O–H groups in total. The second kappa shape index (κ2) is 6.95. The first-order chi connectivity index (χ1) is 11.1. The van der Waals surface area contributed by atoms with Crippen molar-refractivity contribution in [1.29, 1.82) is 0 Å². The molecule has 1 unspecified atom stereocenters. The largest absolute Gasteiger partial charge is 0.354 e. The van der Waals surface area contributed by atoms with Gasteiger partial charge in [-0.1, -0.05) is 6.07 Å². The molecule has 3 heterocycles. The SMILES string of the molecule is CN1CCC(NC(=O)CN2CCN(c3ccccn3)CC2)C1=O. The maximum Gasteiger partial charge on any atom is 0.244 e. The van der Waals surface area contributed by atoms with E-state index in [1.54, 1.807) is 18.1 Å². The number of likely N-dealkylation sites (N-methyl/N-ethyl adjacent to an activating group) is 1. The van der Waals surface area contributed by atoms with Gasteiger partial charge in [-0.25, -0.2) is 4.98 Å². The van der Waals surface area contributed by atoms with Crippen molar-refractivity contribution in [3.8, 4) is 0 Å². The second-order valence-corrected chi connectivity index (χ2v) is 6.12. The first-order valence-corrected chi connectivity index (χ1v) is 8.06. The molecule has 2 aliphatic rings. The van der Waals surface area contributed by atoms with Crippen molar-refractivity contribution in [2.75, 3.05) is 51.2 Å². The van der Waals surface area contributed by atoms with Crippen LogP contribution in [0.15, 0.2) is 24.4 Å².